The van der Waals surface area contributed by atoms with Gasteiger partial charge in [0.1, 0.15) is 18.7 Å². The number of carboxylic acid groups (broad SMARTS) is 1. The van der Waals surface area contributed by atoms with E-state index in [1.54, 1.807) is 26.0 Å². The van der Waals surface area contributed by atoms with Gasteiger partial charge in [0, 0.05) is 0 Å². The van der Waals surface area contributed by atoms with Crippen molar-refractivity contribution in [3.63, 3.8) is 0 Å². The second-order valence-electron chi connectivity index (χ2n) is 6.21. The van der Waals surface area contributed by atoms with Gasteiger partial charge in [-0.25, -0.2) is 9.59 Å². The van der Waals surface area contributed by atoms with E-state index in [1.165, 1.54) is 0 Å². The van der Waals surface area contributed by atoms with Crippen LogP contribution >= 0.6 is 0 Å². The SMILES string of the molecule is CC(C)C(C(=O)O)N1C(=O)[C@@H](NC(=O)OCc2ccccc2)[C@H]1CO. The summed E-state index contributed by atoms with van der Waals surface area (Å²) in [7, 11) is 0. The Morgan fingerprint density at radius 2 is 1.92 bits per heavy atom. The van der Waals surface area contributed by atoms with Gasteiger partial charge in [-0.3, -0.25) is 4.79 Å². The predicted molar refractivity (Wildman–Crippen MR) is 87.5 cm³/mol. The molecule has 8 heteroatoms. The Labute approximate surface area is 145 Å². The van der Waals surface area contributed by atoms with Crippen LogP contribution in [-0.2, 0) is 20.9 Å². The molecule has 1 aromatic rings. The number of likely N-dealkylation sites (tertiary alicyclic amines) is 1. The van der Waals surface area contributed by atoms with E-state index in [2.05, 4.69) is 5.32 Å². The lowest BCUT2D eigenvalue weighted by Gasteiger charge is -2.49. The van der Waals surface area contributed by atoms with Gasteiger partial charge in [-0.15, -0.1) is 0 Å². The highest BCUT2D eigenvalue weighted by Gasteiger charge is 2.53. The zero-order valence-corrected chi connectivity index (χ0v) is 14.1. The van der Waals surface area contributed by atoms with Crippen molar-refractivity contribution in [2.75, 3.05) is 6.61 Å². The van der Waals surface area contributed by atoms with Crippen LogP contribution in [0.1, 0.15) is 19.4 Å². The summed E-state index contributed by atoms with van der Waals surface area (Å²) in [6.45, 7) is 2.95. The molecule has 3 N–H and O–H groups in total. The van der Waals surface area contributed by atoms with Crippen molar-refractivity contribution < 1.29 is 29.3 Å². The number of ether oxygens (including phenoxy) is 1. The molecule has 0 spiro atoms. The number of carboxylic acids is 1. The van der Waals surface area contributed by atoms with Crippen molar-refractivity contribution in [2.45, 2.75) is 38.6 Å². The van der Waals surface area contributed by atoms with Gasteiger partial charge in [-0.2, -0.15) is 0 Å². The maximum atomic E-state index is 12.3. The number of nitrogens with zero attached hydrogens (tertiary/aromatic N) is 1. The average molecular weight is 350 g/mol. The largest absolute Gasteiger partial charge is 0.480 e. The van der Waals surface area contributed by atoms with E-state index in [0.29, 0.717) is 0 Å². The number of amides is 2. The molecular formula is C17H22N2O6. The molecule has 0 aromatic heterocycles. The molecule has 25 heavy (non-hydrogen) atoms. The van der Waals surface area contributed by atoms with E-state index in [9.17, 15) is 24.6 Å². The van der Waals surface area contributed by atoms with Crippen LogP contribution in [0.2, 0.25) is 0 Å². The fraction of sp³-hybridized carbons (Fsp3) is 0.471. The zero-order valence-electron chi connectivity index (χ0n) is 14.1. The minimum absolute atomic E-state index is 0.0465. The van der Waals surface area contributed by atoms with Crippen molar-refractivity contribution in [1.82, 2.24) is 10.2 Å². The second kappa shape index (κ2) is 7.98. The lowest BCUT2D eigenvalue weighted by Crippen LogP contribution is -2.75. The van der Waals surface area contributed by atoms with Crippen molar-refractivity contribution >= 4 is 18.0 Å². The van der Waals surface area contributed by atoms with Crippen LogP contribution in [0.5, 0.6) is 0 Å². The molecule has 2 rings (SSSR count). The summed E-state index contributed by atoms with van der Waals surface area (Å²) in [5.74, 6) is -2.02. The molecule has 1 heterocycles. The Morgan fingerprint density at radius 1 is 1.28 bits per heavy atom. The highest BCUT2D eigenvalue weighted by Crippen LogP contribution is 2.27. The van der Waals surface area contributed by atoms with Gasteiger partial charge in [0.05, 0.1) is 12.6 Å². The predicted octanol–water partition coefficient (Wildman–Crippen LogP) is 0.594. The molecule has 0 bridgehead atoms. The maximum absolute atomic E-state index is 12.3. The van der Waals surface area contributed by atoms with E-state index in [0.717, 1.165) is 10.5 Å². The first-order valence-electron chi connectivity index (χ1n) is 7.99. The minimum Gasteiger partial charge on any atom is -0.480 e. The minimum atomic E-state index is -1.15. The van der Waals surface area contributed by atoms with E-state index < -0.39 is 42.7 Å². The molecule has 2 amide bonds. The number of β-lactam (4-membered cyclic amide) rings is 1. The van der Waals surface area contributed by atoms with E-state index in [-0.39, 0.29) is 12.5 Å². The molecule has 8 nitrogen and oxygen atoms in total. The fourth-order valence-electron chi connectivity index (χ4n) is 2.88. The molecule has 1 unspecified atom stereocenters. The molecule has 1 aliphatic rings. The highest BCUT2D eigenvalue weighted by molar-refractivity contribution is 5.95. The molecule has 0 aliphatic carbocycles. The molecule has 1 saturated heterocycles. The highest BCUT2D eigenvalue weighted by atomic mass is 16.5. The molecule has 0 saturated carbocycles. The zero-order chi connectivity index (χ0) is 18.6. The topological polar surface area (TPSA) is 116 Å². The van der Waals surface area contributed by atoms with E-state index in [4.69, 9.17) is 4.74 Å². The summed E-state index contributed by atoms with van der Waals surface area (Å²) in [6, 6.07) is 6.20. The van der Waals surface area contributed by atoms with Gasteiger partial charge in [0.2, 0.25) is 5.91 Å². The Kier molecular flexibility index (Phi) is 5.97. The van der Waals surface area contributed by atoms with Crippen LogP contribution in [0.25, 0.3) is 0 Å². The van der Waals surface area contributed by atoms with Gasteiger partial charge >= 0.3 is 12.1 Å². The second-order valence-corrected chi connectivity index (χ2v) is 6.21. The van der Waals surface area contributed by atoms with E-state index >= 15 is 0 Å². The van der Waals surface area contributed by atoms with Crippen LogP contribution in [-0.4, -0.2) is 57.8 Å². The summed E-state index contributed by atoms with van der Waals surface area (Å²) in [5, 5.41) is 21.2. The smallest absolute Gasteiger partial charge is 0.408 e. The standard InChI is InChI=1S/C17H22N2O6/c1-10(2)14(16(22)23)19-12(8-20)13(15(19)21)18-17(24)25-9-11-6-4-3-5-7-11/h3-7,10,12-14,20H,8-9H2,1-2H3,(H,18,24)(H,22,23)/t12-,13+,14?/m1/s1. The van der Waals surface area contributed by atoms with Crippen molar-refractivity contribution in [2.24, 2.45) is 5.92 Å². The molecule has 1 aliphatic heterocycles. The number of rotatable bonds is 7. The molecular weight excluding hydrogens is 328 g/mol. The summed E-state index contributed by atoms with van der Waals surface area (Å²) in [4.78, 5) is 36.6. The van der Waals surface area contributed by atoms with Gasteiger partial charge < -0.3 is 25.2 Å². The number of hydrogen-bond acceptors (Lipinski definition) is 5. The third kappa shape index (κ3) is 4.08. The number of aliphatic hydroxyl groups is 1. The number of carbonyl (C=O) groups excluding carboxylic acids is 2. The third-order valence-corrected chi connectivity index (χ3v) is 4.12. The van der Waals surface area contributed by atoms with Crippen LogP contribution < -0.4 is 5.32 Å². The Bertz CT molecular complexity index is 633. The Balaban J connectivity index is 1.95. The first-order chi connectivity index (χ1) is 11.9. The lowest BCUT2D eigenvalue weighted by molar-refractivity contribution is -0.170. The monoisotopic (exact) mass is 350 g/mol. The number of carbonyl (C=O) groups is 3. The summed E-state index contributed by atoms with van der Waals surface area (Å²) in [5.41, 5.74) is 0.795. The summed E-state index contributed by atoms with van der Waals surface area (Å²) >= 11 is 0. The van der Waals surface area contributed by atoms with Crippen molar-refractivity contribution in [3.8, 4) is 0 Å². The number of aliphatic hydroxyl groups excluding tert-OH is 1. The average Bonchev–Trinajstić information content (AvgIpc) is 2.58. The summed E-state index contributed by atoms with van der Waals surface area (Å²) < 4.78 is 5.05. The fourth-order valence-corrected chi connectivity index (χ4v) is 2.88. The molecule has 1 fully saturated rings. The summed E-state index contributed by atoms with van der Waals surface area (Å²) in [6.07, 6.45) is -0.795. The number of benzene rings is 1. The van der Waals surface area contributed by atoms with Crippen LogP contribution in [0.3, 0.4) is 0 Å². The quantitative estimate of drug-likeness (QED) is 0.620. The first kappa shape index (κ1) is 18.7. The molecule has 1 aromatic carbocycles. The number of nitrogens with one attached hydrogen (secondary N) is 1. The number of aliphatic carboxylic acids is 1. The van der Waals surface area contributed by atoms with Gasteiger partial charge in [-0.1, -0.05) is 44.2 Å². The van der Waals surface area contributed by atoms with Crippen LogP contribution in [0.4, 0.5) is 4.79 Å². The Hall–Kier alpha value is -2.61. The van der Waals surface area contributed by atoms with Crippen LogP contribution in [0, 0.1) is 5.92 Å². The molecule has 136 valence electrons. The van der Waals surface area contributed by atoms with Crippen molar-refractivity contribution in [3.05, 3.63) is 35.9 Å². The molecule has 3 atom stereocenters. The number of alkyl carbamates (subject to hydrolysis) is 1. The number of hydrogen-bond donors (Lipinski definition) is 3. The van der Waals surface area contributed by atoms with Gasteiger partial charge in [0.25, 0.3) is 0 Å². The van der Waals surface area contributed by atoms with E-state index in [1.807, 2.05) is 18.2 Å². The van der Waals surface area contributed by atoms with Gasteiger partial charge in [-0.05, 0) is 11.5 Å². The van der Waals surface area contributed by atoms with Crippen LogP contribution in [0.15, 0.2) is 30.3 Å². The lowest BCUT2D eigenvalue weighted by atomic mass is 9.89. The normalized spacial score (nSPS) is 20.8. The Morgan fingerprint density at radius 3 is 2.44 bits per heavy atom. The van der Waals surface area contributed by atoms with Gasteiger partial charge in [0.15, 0.2) is 0 Å². The maximum Gasteiger partial charge on any atom is 0.408 e. The molecule has 0 radical (unpaired) electrons. The third-order valence-electron chi connectivity index (χ3n) is 4.12. The first-order valence-corrected chi connectivity index (χ1v) is 7.99. The van der Waals surface area contributed by atoms with Crippen molar-refractivity contribution in [1.29, 1.82) is 0 Å².